The van der Waals surface area contributed by atoms with Crippen LogP contribution < -0.4 is 10.6 Å². The first-order chi connectivity index (χ1) is 6.45. The highest BCUT2D eigenvalue weighted by molar-refractivity contribution is 4.79. The third-order valence-corrected chi connectivity index (χ3v) is 3.07. The van der Waals surface area contributed by atoms with Crippen LogP contribution in [0.25, 0.3) is 0 Å². The van der Waals surface area contributed by atoms with Gasteiger partial charge in [-0.05, 0) is 38.9 Å². The molecule has 76 valence electrons. The van der Waals surface area contributed by atoms with Gasteiger partial charge in [0, 0.05) is 25.7 Å². The van der Waals surface area contributed by atoms with E-state index >= 15 is 0 Å². The zero-order valence-corrected chi connectivity index (χ0v) is 8.39. The summed E-state index contributed by atoms with van der Waals surface area (Å²) in [4.78, 5) is 2.60. The third kappa shape index (κ3) is 2.93. The average Bonchev–Trinajstić information content (AvgIpc) is 2.49. The molecular weight excluding hydrogens is 162 g/mol. The van der Waals surface area contributed by atoms with Gasteiger partial charge in [-0.1, -0.05) is 0 Å². The summed E-state index contributed by atoms with van der Waals surface area (Å²) in [5.41, 5.74) is 0. The van der Waals surface area contributed by atoms with Crippen molar-refractivity contribution in [3.63, 3.8) is 0 Å². The smallest absolute Gasteiger partial charge is 0.0195 e. The van der Waals surface area contributed by atoms with Crippen LogP contribution in [0, 0.1) is 0 Å². The zero-order chi connectivity index (χ0) is 8.93. The minimum absolute atomic E-state index is 0.776. The summed E-state index contributed by atoms with van der Waals surface area (Å²) in [6.07, 6.45) is 4.06. The van der Waals surface area contributed by atoms with Gasteiger partial charge < -0.3 is 15.5 Å². The lowest BCUT2D eigenvalue weighted by molar-refractivity contribution is 0.265. The minimum Gasteiger partial charge on any atom is -0.315 e. The Kier molecular flexibility index (Phi) is 3.58. The van der Waals surface area contributed by atoms with Gasteiger partial charge in [0.1, 0.15) is 0 Å². The van der Waals surface area contributed by atoms with Crippen molar-refractivity contribution in [2.24, 2.45) is 0 Å². The predicted molar refractivity (Wildman–Crippen MR) is 55.0 cm³/mol. The second kappa shape index (κ2) is 4.94. The molecule has 3 heteroatoms. The quantitative estimate of drug-likeness (QED) is 0.633. The summed E-state index contributed by atoms with van der Waals surface area (Å²) >= 11 is 0. The largest absolute Gasteiger partial charge is 0.315 e. The molecule has 13 heavy (non-hydrogen) atoms. The lowest BCUT2D eigenvalue weighted by Crippen LogP contribution is -2.39. The molecule has 1 atom stereocenters. The van der Waals surface area contributed by atoms with Crippen molar-refractivity contribution >= 4 is 0 Å². The van der Waals surface area contributed by atoms with Crippen LogP contribution in [0.2, 0.25) is 0 Å². The molecule has 2 N–H and O–H groups in total. The molecule has 3 nitrogen and oxygen atoms in total. The molecule has 0 unspecified atom stereocenters. The van der Waals surface area contributed by atoms with Gasteiger partial charge in [-0.2, -0.15) is 0 Å². The summed E-state index contributed by atoms with van der Waals surface area (Å²) in [6, 6.07) is 0.776. The fraction of sp³-hybridized carbons (Fsp3) is 1.00. The van der Waals surface area contributed by atoms with Gasteiger partial charge in [-0.3, -0.25) is 0 Å². The molecule has 0 aromatic heterocycles. The fourth-order valence-corrected chi connectivity index (χ4v) is 2.31. The zero-order valence-electron chi connectivity index (χ0n) is 8.39. The molecule has 2 rings (SSSR count). The molecule has 2 aliphatic rings. The highest BCUT2D eigenvalue weighted by Crippen LogP contribution is 2.07. The van der Waals surface area contributed by atoms with Crippen LogP contribution >= 0.6 is 0 Å². The molecule has 0 spiro atoms. The first-order valence-electron chi connectivity index (χ1n) is 5.61. The summed E-state index contributed by atoms with van der Waals surface area (Å²) in [5.74, 6) is 0. The van der Waals surface area contributed by atoms with Crippen LogP contribution in [-0.2, 0) is 0 Å². The van der Waals surface area contributed by atoms with Crippen molar-refractivity contribution in [2.75, 3.05) is 39.3 Å². The van der Waals surface area contributed by atoms with E-state index in [1.807, 2.05) is 0 Å². The summed E-state index contributed by atoms with van der Waals surface area (Å²) in [7, 11) is 0. The first-order valence-corrected chi connectivity index (χ1v) is 5.61. The number of nitrogens with one attached hydrogen (secondary N) is 2. The Balaban J connectivity index is 1.71. The van der Waals surface area contributed by atoms with Gasteiger partial charge in [-0.25, -0.2) is 0 Å². The molecule has 2 saturated heterocycles. The lowest BCUT2D eigenvalue weighted by Gasteiger charge is -2.23. The van der Waals surface area contributed by atoms with Crippen molar-refractivity contribution < 1.29 is 0 Å². The van der Waals surface area contributed by atoms with E-state index in [1.54, 1.807) is 0 Å². The fourth-order valence-electron chi connectivity index (χ4n) is 2.31. The average molecular weight is 183 g/mol. The van der Waals surface area contributed by atoms with Gasteiger partial charge in [0.05, 0.1) is 0 Å². The number of hydrogen-bond donors (Lipinski definition) is 2. The minimum atomic E-state index is 0.776. The predicted octanol–water partition coefficient (Wildman–Crippen LogP) is 0.0337. The van der Waals surface area contributed by atoms with E-state index in [1.165, 1.54) is 58.5 Å². The maximum atomic E-state index is 3.56. The number of nitrogens with zero attached hydrogens (tertiary/aromatic N) is 1. The molecule has 2 aliphatic heterocycles. The maximum Gasteiger partial charge on any atom is 0.0195 e. The first kappa shape index (κ1) is 9.44. The van der Waals surface area contributed by atoms with Crippen LogP contribution in [0.5, 0.6) is 0 Å². The molecule has 0 amide bonds. The summed E-state index contributed by atoms with van der Waals surface area (Å²) < 4.78 is 0. The molecule has 0 saturated carbocycles. The van der Waals surface area contributed by atoms with Crippen LogP contribution in [-0.4, -0.2) is 50.2 Å². The Morgan fingerprint density at radius 1 is 1.08 bits per heavy atom. The van der Waals surface area contributed by atoms with Crippen molar-refractivity contribution in [3.8, 4) is 0 Å². The Hall–Kier alpha value is -0.120. The van der Waals surface area contributed by atoms with Crippen molar-refractivity contribution in [2.45, 2.75) is 25.3 Å². The van der Waals surface area contributed by atoms with E-state index in [4.69, 9.17) is 0 Å². The van der Waals surface area contributed by atoms with E-state index in [0.29, 0.717) is 0 Å². The van der Waals surface area contributed by atoms with Gasteiger partial charge in [-0.15, -0.1) is 0 Å². The topological polar surface area (TPSA) is 27.3 Å². The van der Waals surface area contributed by atoms with Crippen molar-refractivity contribution in [1.82, 2.24) is 15.5 Å². The van der Waals surface area contributed by atoms with Crippen LogP contribution in [0.4, 0.5) is 0 Å². The Morgan fingerprint density at radius 3 is 2.92 bits per heavy atom. The maximum absolute atomic E-state index is 3.56. The van der Waals surface area contributed by atoms with Crippen LogP contribution in [0.15, 0.2) is 0 Å². The highest BCUT2D eigenvalue weighted by Gasteiger charge is 2.18. The third-order valence-electron chi connectivity index (χ3n) is 3.07. The van der Waals surface area contributed by atoms with Gasteiger partial charge in [0.25, 0.3) is 0 Å². The van der Waals surface area contributed by atoms with E-state index < -0.39 is 0 Å². The monoisotopic (exact) mass is 183 g/mol. The highest BCUT2D eigenvalue weighted by atomic mass is 15.2. The Morgan fingerprint density at radius 2 is 2.08 bits per heavy atom. The van der Waals surface area contributed by atoms with E-state index in [0.717, 1.165) is 6.04 Å². The molecule has 2 heterocycles. The lowest BCUT2D eigenvalue weighted by atomic mass is 10.2. The normalized spacial score (nSPS) is 31.8. The van der Waals surface area contributed by atoms with Gasteiger partial charge in [0.15, 0.2) is 0 Å². The molecular formula is C10H21N3. The van der Waals surface area contributed by atoms with Crippen molar-refractivity contribution in [1.29, 1.82) is 0 Å². The number of hydrogen-bond acceptors (Lipinski definition) is 3. The Labute approximate surface area is 80.9 Å². The molecule has 0 radical (unpaired) electrons. The standard InChI is InChI=1S/C10H21N3/c1-3-10(12-5-1)9-13-7-2-4-11-6-8-13/h10-12H,1-9H2/t10-/m0/s1. The Bertz CT molecular complexity index is 135. The second-order valence-corrected chi connectivity index (χ2v) is 4.20. The van der Waals surface area contributed by atoms with Gasteiger partial charge in [0.2, 0.25) is 0 Å². The SMILES string of the molecule is C1CN[C@H](CN2CCCNCC2)C1. The molecule has 0 bridgehead atoms. The molecule has 2 fully saturated rings. The molecule has 0 aromatic rings. The van der Waals surface area contributed by atoms with Crippen LogP contribution in [0.1, 0.15) is 19.3 Å². The van der Waals surface area contributed by atoms with Crippen LogP contribution in [0.3, 0.4) is 0 Å². The van der Waals surface area contributed by atoms with E-state index in [9.17, 15) is 0 Å². The van der Waals surface area contributed by atoms with E-state index in [2.05, 4.69) is 15.5 Å². The van der Waals surface area contributed by atoms with Crippen molar-refractivity contribution in [3.05, 3.63) is 0 Å². The summed E-state index contributed by atoms with van der Waals surface area (Å²) in [5, 5.41) is 7.00. The molecule has 0 aliphatic carbocycles. The second-order valence-electron chi connectivity index (χ2n) is 4.20. The number of rotatable bonds is 2. The van der Waals surface area contributed by atoms with E-state index in [-0.39, 0.29) is 0 Å². The summed E-state index contributed by atoms with van der Waals surface area (Å²) in [6.45, 7) is 7.39. The van der Waals surface area contributed by atoms with Gasteiger partial charge >= 0.3 is 0 Å². The molecule has 0 aromatic carbocycles.